The molecule has 3 heterocycles. The molecule has 0 aliphatic heterocycles. The molecule has 0 aliphatic carbocycles. The lowest BCUT2D eigenvalue weighted by atomic mass is 10.1. The lowest BCUT2D eigenvalue weighted by Crippen LogP contribution is -2.26. The smallest absolute Gasteiger partial charge is 0.279 e. The minimum absolute atomic E-state index is 0.148. The first kappa shape index (κ1) is 19.6. The molecule has 2 aromatic carbocycles. The molecule has 1 N–H and O–H groups in total. The maximum Gasteiger partial charge on any atom is 0.279 e. The standard InChI is InChI=1S/C22H13ClN4O2S2/c23-18-11-10-17(31-18)16-12-30-22(24-16)25-20(28)19-14-8-4-5-9-15(14)21(29)27(26-19)13-6-2-1-3-7-13/h1-12H,(H,24,25,28). The Labute approximate surface area is 189 Å². The van der Waals surface area contributed by atoms with Crippen LogP contribution in [0.2, 0.25) is 4.34 Å². The highest BCUT2D eigenvalue weighted by atomic mass is 35.5. The zero-order valence-corrected chi connectivity index (χ0v) is 18.2. The fourth-order valence-electron chi connectivity index (χ4n) is 3.15. The summed E-state index contributed by atoms with van der Waals surface area (Å²) in [6.45, 7) is 0. The van der Waals surface area contributed by atoms with Gasteiger partial charge in [-0.1, -0.05) is 48.0 Å². The summed E-state index contributed by atoms with van der Waals surface area (Å²) >= 11 is 8.73. The number of hydrogen-bond acceptors (Lipinski definition) is 6. The first-order valence-electron chi connectivity index (χ1n) is 9.20. The van der Waals surface area contributed by atoms with Gasteiger partial charge in [-0.3, -0.25) is 14.9 Å². The van der Waals surface area contributed by atoms with Crippen LogP contribution in [0.25, 0.3) is 27.0 Å². The normalized spacial score (nSPS) is 11.0. The predicted molar refractivity (Wildman–Crippen MR) is 126 cm³/mol. The summed E-state index contributed by atoms with van der Waals surface area (Å²) in [6, 6.07) is 19.7. The first-order valence-corrected chi connectivity index (χ1v) is 11.3. The van der Waals surface area contributed by atoms with Gasteiger partial charge < -0.3 is 0 Å². The Balaban J connectivity index is 1.55. The van der Waals surface area contributed by atoms with Crippen molar-refractivity contribution in [3.05, 3.63) is 92.5 Å². The van der Waals surface area contributed by atoms with Crippen LogP contribution in [-0.4, -0.2) is 20.7 Å². The molecule has 0 spiro atoms. The summed E-state index contributed by atoms with van der Waals surface area (Å²) in [4.78, 5) is 31.5. The monoisotopic (exact) mass is 464 g/mol. The molecule has 0 atom stereocenters. The molecular weight excluding hydrogens is 452 g/mol. The van der Waals surface area contributed by atoms with Gasteiger partial charge in [-0.25, -0.2) is 4.98 Å². The van der Waals surface area contributed by atoms with Crippen LogP contribution in [0.4, 0.5) is 5.13 Å². The van der Waals surface area contributed by atoms with Crippen molar-refractivity contribution in [1.29, 1.82) is 0 Å². The average Bonchev–Trinajstić information content (AvgIpc) is 3.43. The van der Waals surface area contributed by atoms with E-state index in [1.54, 1.807) is 36.4 Å². The number of thiophene rings is 1. The van der Waals surface area contributed by atoms with E-state index in [0.717, 1.165) is 10.6 Å². The van der Waals surface area contributed by atoms with E-state index in [0.29, 0.717) is 25.9 Å². The SMILES string of the molecule is O=C(Nc1nc(-c2ccc(Cl)s2)cs1)c1nn(-c2ccccc2)c(=O)c2ccccc12. The second kappa shape index (κ2) is 8.07. The zero-order valence-electron chi connectivity index (χ0n) is 15.8. The molecular formula is C22H13ClN4O2S2. The summed E-state index contributed by atoms with van der Waals surface area (Å²) in [5.41, 5.74) is 1.18. The van der Waals surface area contributed by atoms with Gasteiger partial charge >= 0.3 is 0 Å². The highest BCUT2D eigenvalue weighted by Crippen LogP contribution is 2.33. The Bertz CT molecular complexity index is 1470. The minimum atomic E-state index is -0.439. The molecule has 0 radical (unpaired) electrons. The Morgan fingerprint density at radius 1 is 0.968 bits per heavy atom. The van der Waals surface area contributed by atoms with E-state index in [9.17, 15) is 9.59 Å². The minimum Gasteiger partial charge on any atom is -0.296 e. The number of para-hydroxylation sites is 1. The zero-order chi connectivity index (χ0) is 21.4. The van der Waals surface area contributed by atoms with Gasteiger partial charge in [0.15, 0.2) is 10.8 Å². The Kier molecular flexibility index (Phi) is 5.11. The number of carbonyl (C=O) groups is 1. The van der Waals surface area contributed by atoms with Crippen LogP contribution < -0.4 is 10.9 Å². The maximum atomic E-state index is 13.1. The van der Waals surface area contributed by atoms with Crippen molar-refractivity contribution in [3.63, 3.8) is 0 Å². The Hall–Kier alpha value is -3.33. The molecule has 0 bridgehead atoms. The van der Waals surface area contributed by atoms with Gasteiger partial charge in [-0.2, -0.15) is 9.78 Å². The van der Waals surface area contributed by atoms with Gasteiger partial charge in [0.1, 0.15) is 0 Å². The van der Waals surface area contributed by atoms with Gasteiger partial charge in [0, 0.05) is 10.8 Å². The summed E-state index contributed by atoms with van der Waals surface area (Å²) in [6.07, 6.45) is 0. The molecule has 0 saturated heterocycles. The quantitative estimate of drug-likeness (QED) is 0.382. The van der Waals surface area contributed by atoms with E-state index >= 15 is 0 Å². The fraction of sp³-hybridized carbons (Fsp3) is 0. The predicted octanol–water partition coefficient (Wildman–Crippen LogP) is 5.48. The average molecular weight is 465 g/mol. The van der Waals surface area contributed by atoms with Crippen LogP contribution in [0.1, 0.15) is 10.5 Å². The lowest BCUT2D eigenvalue weighted by Gasteiger charge is -2.10. The number of halogens is 1. The summed E-state index contributed by atoms with van der Waals surface area (Å²) in [5, 5.41) is 10.4. The summed E-state index contributed by atoms with van der Waals surface area (Å²) in [7, 11) is 0. The molecule has 0 fully saturated rings. The van der Waals surface area contributed by atoms with Crippen molar-refractivity contribution in [3.8, 4) is 16.3 Å². The number of carbonyl (C=O) groups excluding carboxylic acids is 1. The molecule has 152 valence electrons. The van der Waals surface area contributed by atoms with Crippen LogP contribution in [0, 0.1) is 0 Å². The van der Waals surface area contributed by atoms with E-state index in [-0.39, 0.29) is 11.3 Å². The van der Waals surface area contributed by atoms with Gasteiger partial charge in [0.05, 0.1) is 26.0 Å². The second-order valence-electron chi connectivity index (χ2n) is 6.54. The van der Waals surface area contributed by atoms with Crippen molar-refractivity contribution in [2.24, 2.45) is 0 Å². The van der Waals surface area contributed by atoms with Crippen molar-refractivity contribution in [2.75, 3.05) is 5.32 Å². The van der Waals surface area contributed by atoms with Gasteiger partial charge in [-0.05, 0) is 30.3 Å². The number of thiazole rings is 1. The number of rotatable bonds is 4. The molecule has 3 aromatic heterocycles. The Morgan fingerprint density at radius 2 is 1.71 bits per heavy atom. The lowest BCUT2D eigenvalue weighted by molar-refractivity contribution is 0.102. The molecule has 5 rings (SSSR count). The molecule has 9 heteroatoms. The molecule has 0 saturated carbocycles. The number of aromatic nitrogens is 3. The number of fused-ring (bicyclic) bond motifs is 1. The summed E-state index contributed by atoms with van der Waals surface area (Å²) < 4.78 is 1.92. The number of amides is 1. The molecule has 0 aliphatic rings. The number of benzene rings is 2. The van der Waals surface area contributed by atoms with Crippen molar-refractivity contribution in [1.82, 2.24) is 14.8 Å². The van der Waals surface area contributed by atoms with Crippen LogP contribution in [0.3, 0.4) is 0 Å². The van der Waals surface area contributed by atoms with E-state index < -0.39 is 5.91 Å². The van der Waals surface area contributed by atoms with E-state index in [1.165, 1.54) is 27.4 Å². The Morgan fingerprint density at radius 3 is 2.45 bits per heavy atom. The molecule has 5 aromatic rings. The third kappa shape index (κ3) is 3.76. The molecule has 31 heavy (non-hydrogen) atoms. The highest BCUT2D eigenvalue weighted by Gasteiger charge is 2.19. The van der Waals surface area contributed by atoms with Gasteiger partial charge in [0.25, 0.3) is 11.5 Å². The number of nitrogens with one attached hydrogen (secondary N) is 1. The van der Waals surface area contributed by atoms with Crippen LogP contribution in [0.15, 0.2) is 76.9 Å². The van der Waals surface area contributed by atoms with E-state index in [2.05, 4.69) is 15.4 Å². The maximum absolute atomic E-state index is 13.1. The van der Waals surface area contributed by atoms with Crippen molar-refractivity contribution < 1.29 is 4.79 Å². The van der Waals surface area contributed by atoms with Crippen molar-refractivity contribution in [2.45, 2.75) is 0 Å². The number of anilines is 1. The largest absolute Gasteiger partial charge is 0.296 e. The van der Waals surface area contributed by atoms with Crippen LogP contribution >= 0.6 is 34.3 Å². The third-order valence-electron chi connectivity index (χ3n) is 4.57. The number of hydrogen-bond donors (Lipinski definition) is 1. The van der Waals surface area contributed by atoms with Gasteiger partial charge in [-0.15, -0.1) is 22.7 Å². The molecule has 1 amide bonds. The van der Waals surface area contributed by atoms with Gasteiger partial charge in [0.2, 0.25) is 0 Å². The highest BCUT2D eigenvalue weighted by molar-refractivity contribution is 7.20. The molecule has 6 nitrogen and oxygen atoms in total. The topological polar surface area (TPSA) is 76.9 Å². The first-order chi connectivity index (χ1) is 15.1. The second-order valence-corrected chi connectivity index (χ2v) is 9.12. The van der Waals surface area contributed by atoms with E-state index in [1.807, 2.05) is 35.7 Å². The number of nitrogens with zero attached hydrogens (tertiary/aromatic N) is 3. The van der Waals surface area contributed by atoms with Crippen LogP contribution in [-0.2, 0) is 0 Å². The third-order valence-corrected chi connectivity index (χ3v) is 6.58. The summed E-state index contributed by atoms with van der Waals surface area (Å²) in [5.74, 6) is -0.439. The fourth-order valence-corrected chi connectivity index (χ4v) is 4.94. The van der Waals surface area contributed by atoms with Crippen LogP contribution in [0.5, 0.6) is 0 Å². The van der Waals surface area contributed by atoms with E-state index in [4.69, 9.17) is 11.6 Å². The van der Waals surface area contributed by atoms with Crippen molar-refractivity contribution >= 4 is 56.1 Å². The molecule has 0 unspecified atom stereocenters.